The highest BCUT2D eigenvalue weighted by Gasteiger charge is 2.28. The molecule has 20 heavy (non-hydrogen) atoms. The van der Waals surface area contributed by atoms with Crippen LogP contribution in [0.25, 0.3) is 10.9 Å². The average molecular weight is 275 g/mol. The van der Waals surface area contributed by atoms with E-state index >= 15 is 0 Å². The van der Waals surface area contributed by atoms with E-state index in [9.17, 15) is 14.4 Å². The molecule has 0 bridgehead atoms. The lowest BCUT2D eigenvalue weighted by molar-refractivity contribution is -0.154. The highest BCUT2D eigenvalue weighted by atomic mass is 16.4. The van der Waals surface area contributed by atoms with Crippen molar-refractivity contribution in [3.05, 3.63) is 45.7 Å². The molecule has 0 saturated heterocycles. The number of hydrogen-bond acceptors (Lipinski definition) is 3. The topological polar surface area (TPSA) is 107 Å². The predicted molar refractivity (Wildman–Crippen MR) is 71.8 cm³/mol. The van der Waals surface area contributed by atoms with Gasteiger partial charge in [0, 0.05) is 28.6 Å². The van der Waals surface area contributed by atoms with Crippen LogP contribution in [-0.2, 0) is 16.0 Å². The number of para-hydroxylation sites is 1. The molecule has 2 aromatic rings. The minimum absolute atomic E-state index is 0.193. The van der Waals surface area contributed by atoms with Gasteiger partial charge in [0.1, 0.15) is 0 Å². The summed E-state index contributed by atoms with van der Waals surface area (Å²) in [5.74, 6) is -4.54. The number of H-pyrrole nitrogens is 1. The number of aliphatic carboxylic acids is 2. The van der Waals surface area contributed by atoms with Crippen molar-refractivity contribution in [1.82, 2.24) is 4.98 Å². The summed E-state index contributed by atoms with van der Waals surface area (Å²) in [6.07, 6.45) is -0.337. The first-order valence-corrected chi connectivity index (χ1v) is 5.98. The number of rotatable bonds is 4. The number of carboxylic acids is 2. The number of benzene rings is 1. The Morgan fingerprint density at radius 1 is 1.20 bits per heavy atom. The molecule has 0 amide bonds. The molecule has 0 atom stereocenters. The molecule has 0 fully saturated rings. The Kier molecular flexibility index (Phi) is 3.56. The maximum absolute atomic E-state index is 12.3. The van der Waals surface area contributed by atoms with E-state index in [1.54, 1.807) is 31.2 Å². The third-order valence-electron chi connectivity index (χ3n) is 3.23. The highest BCUT2D eigenvalue weighted by molar-refractivity contribution is 5.93. The first-order valence-electron chi connectivity index (χ1n) is 5.98. The number of nitrogens with one attached hydrogen (secondary N) is 1. The maximum Gasteiger partial charge on any atom is 0.318 e. The summed E-state index contributed by atoms with van der Waals surface area (Å²) >= 11 is 0. The largest absolute Gasteiger partial charge is 0.481 e. The first kappa shape index (κ1) is 13.8. The van der Waals surface area contributed by atoms with Gasteiger partial charge in [-0.05, 0) is 19.1 Å². The third-order valence-corrected chi connectivity index (χ3v) is 3.23. The SMILES string of the molecule is Cc1[nH]c2ccccc2c(=O)c1CC(C(=O)O)C(=O)O. The van der Waals surface area contributed by atoms with Crippen molar-refractivity contribution in [3.8, 4) is 0 Å². The van der Waals surface area contributed by atoms with Crippen molar-refractivity contribution >= 4 is 22.8 Å². The molecule has 1 aromatic carbocycles. The summed E-state index contributed by atoms with van der Waals surface area (Å²) < 4.78 is 0. The smallest absolute Gasteiger partial charge is 0.318 e. The number of aryl methyl sites for hydroxylation is 1. The van der Waals surface area contributed by atoms with Gasteiger partial charge < -0.3 is 15.2 Å². The van der Waals surface area contributed by atoms with Crippen LogP contribution in [0.15, 0.2) is 29.1 Å². The van der Waals surface area contributed by atoms with Gasteiger partial charge in [-0.3, -0.25) is 14.4 Å². The lowest BCUT2D eigenvalue weighted by atomic mass is 9.97. The van der Waals surface area contributed by atoms with E-state index in [2.05, 4.69) is 4.98 Å². The van der Waals surface area contributed by atoms with Gasteiger partial charge in [0.25, 0.3) is 0 Å². The predicted octanol–water partition coefficient (Wildman–Crippen LogP) is 1.16. The fourth-order valence-electron chi connectivity index (χ4n) is 2.13. The molecule has 0 aliphatic heterocycles. The van der Waals surface area contributed by atoms with Crippen molar-refractivity contribution < 1.29 is 19.8 Å². The lowest BCUT2D eigenvalue weighted by Gasteiger charge is -2.11. The van der Waals surface area contributed by atoms with Crippen LogP contribution in [0.5, 0.6) is 0 Å². The Morgan fingerprint density at radius 3 is 2.40 bits per heavy atom. The summed E-state index contributed by atoms with van der Waals surface area (Å²) in [5, 5.41) is 18.2. The first-order chi connectivity index (χ1) is 9.41. The van der Waals surface area contributed by atoms with Crippen LogP contribution in [-0.4, -0.2) is 27.1 Å². The van der Waals surface area contributed by atoms with Gasteiger partial charge in [0.15, 0.2) is 11.3 Å². The average Bonchev–Trinajstić information content (AvgIpc) is 2.37. The van der Waals surface area contributed by atoms with Crippen molar-refractivity contribution in [3.63, 3.8) is 0 Å². The van der Waals surface area contributed by atoms with Crippen LogP contribution >= 0.6 is 0 Å². The monoisotopic (exact) mass is 275 g/mol. The summed E-state index contributed by atoms with van der Waals surface area (Å²) in [7, 11) is 0. The van der Waals surface area contributed by atoms with Crippen LogP contribution in [0.3, 0.4) is 0 Å². The van der Waals surface area contributed by atoms with Gasteiger partial charge in [0.2, 0.25) is 0 Å². The van der Waals surface area contributed by atoms with Crippen molar-refractivity contribution in [2.45, 2.75) is 13.3 Å². The number of pyridine rings is 1. The molecule has 6 heteroatoms. The normalized spacial score (nSPS) is 10.9. The molecule has 0 unspecified atom stereocenters. The molecule has 6 nitrogen and oxygen atoms in total. The number of hydrogen-bond donors (Lipinski definition) is 3. The Labute approximate surface area is 113 Å². The summed E-state index contributed by atoms with van der Waals surface area (Å²) in [6.45, 7) is 1.63. The number of carbonyl (C=O) groups is 2. The summed E-state index contributed by atoms with van der Waals surface area (Å²) in [5.41, 5.74) is 0.991. The molecule has 0 spiro atoms. The van der Waals surface area contributed by atoms with E-state index in [0.29, 0.717) is 16.6 Å². The molecule has 0 saturated carbocycles. The van der Waals surface area contributed by atoms with Crippen molar-refractivity contribution in [2.24, 2.45) is 5.92 Å². The Hall–Kier alpha value is -2.63. The Bertz CT molecular complexity index is 733. The summed E-state index contributed by atoms with van der Waals surface area (Å²) in [4.78, 5) is 37.2. The maximum atomic E-state index is 12.3. The van der Waals surface area contributed by atoms with Crippen LogP contribution in [0.1, 0.15) is 11.3 Å². The number of carboxylic acid groups (broad SMARTS) is 2. The lowest BCUT2D eigenvalue weighted by Crippen LogP contribution is -2.28. The van der Waals surface area contributed by atoms with Gasteiger partial charge in [-0.25, -0.2) is 0 Å². The van der Waals surface area contributed by atoms with Crippen molar-refractivity contribution in [1.29, 1.82) is 0 Å². The molecular formula is C14H13NO5. The quantitative estimate of drug-likeness (QED) is 0.726. The van der Waals surface area contributed by atoms with E-state index in [-0.39, 0.29) is 17.4 Å². The highest BCUT2D eigenvalue weighted by Crippen LogP contribution is 2.14. The number of aromatic amines is 1. The zero-order chi connectivity index (χ0) is 14.9. The van der Waals surface area contributed by atoms with Crippen molar-refractivity contribution in [2.75, 3.05) is 0 Å². The van der Waals surface area contributed by atoms with E-state index < -0.39 is 17.9 Å². The molecule has 1 heterocycles. The van der Waals surface area contributed by atoms with Crippen LogP contribution < -0.4 is 5.43 Å². The van der Waals surface area contributed by atoms with Crippen LogP contribution in [0, 0.1) is 12.8 Å². The zero-order valence-corrected chi connectivity index (χ0v) is 10.7. The molecule has 0 aliphatic carbocycles. The zero-order valence-electron chi connectivity index (χ0n) is 10.7. The molecule has 0 aliphatic rings. The minimum Gasteiger partial charge on any atom is -0.481 e. The molecule has 1 aromatic heterocycles. The standard InChI is InChI=1S/C14H13NO5/c1-7-9(6-10(13(17)18)14(19)20)12(16)8-4-2-3-5-11(8)15-7/h2-5,10H,6H2,1H3,(H,15,16)(H,17,18)(H,19,20). The van der Waals surface area contributed by atoms with E-state index in [1.165, 1.54) is 0 Å². The number of aromatic nitrogens is 1. The van der Waals surface area contributed by atoms with Gasteiger partial charge in [-0.1, -0.05) is 12.1 Å². The third kappa shape index (κ3) is 2.40. The molecular weight excluding hydrogens is 262 g/mol. The minimum atomic E-state index is -1.63. The molecule has 0 radical (unpaired) electrons. The second-order valence-corrected chi connectivity index (χ2v) is 4.54. The van der Waals surface area contributed by atoms with Gasteiger partial charge in [-0.2, -0.15) is 0 Å². The fourth-order valence-corrected chi connectivity index (χ4v) is 2.13. The molecule has 3 N–H and O–H groups in total. The van der Waals surface area contributed by atoms with E-state index in [4.69, 9.17) is 10.2 Å². The van der Waals surface area contributed by atoms with Gasteiger partial charge in [0.05, 0.1) is 0 Å². The number of fused-ring (bicyclic) bond motifs is 1. The van der Waals surface area contributed by atoms with E-state index in [1.807, 2.05) is 0 Å². The molecule has 104 valence electrons. The second-order valence-electron chi connectivity index (χ2n) is 4.54. The Balaban J connectivity index is 2.57. The van der Waals surface area contributed by atoms with Gasteiger partial charge in [-0.15, -0.1) is 0 Å². The molecule has 2 rings (SSSR count). The Morgan fingerprint density at radius 2 is 1.80 bits per heavy atom. The van der Waals surface area contributed by atoms with E-state index in [0.717, 1.165) is 0 Å². The summed E-state index contributed by atoms with van der Waals surface area (Å²) in [6, 6.07) is 6.82. The van der Waals surface area contributed by atoms with Crippen LogP contribution in [0.4, 0.5) is 0 Å². The van der Waals surface area contributed by atoms with Gasteiger partial charge >= 0.3 is 11.9 Å². The second kappa shape index (κ2) is 5.16. The fraction of sp³-hybridized carbons (Fsp3) is 0.214. The van der Waals surface area contributed by atoms with Crippen LogP contribution in [0.2, 0.25) is 0 Å².